The fourth-order valence-corrected chi connectivity index (χ4v) is 2.37. The maximum atomic E-state index is 2.32. The van der Waals surface area contributed by atoms with Crippen LogP contribution in [0.1, 0.15) is 12.5 Å². The zero-order chi connectivity index (χ0) is 11.7. The van der Waals surface area contributed by atoms with E-state index in [4.69, 9.17) is 0 Å². The Morgan fingerprint density at radius 2 is 1.72 bits per heavy atom. The molecule has 0 saturated carbocycles. The van der Waals surface area contributed by atoms with Gasteiger partial charge < -0.3 is 0 Å². The molecule has 18 heavy (non-hydrogen) atoms. The molecule has 0 aromatic heterocycles. The summed E-state index contributed by atoms with van der Waals surface area (Å²) < 4.78 is 0. The fraction of sp³-hybridized carbons (Fsp3) is 0.118. The summed E-state index contributed by atoms with van der Waals surface area (Å²) in [5, 5.41) is 2.72. The van der Waals surface area contributed by atoms with E-state index in [0.29, 0.717) is 0 Å². The Bertz CT molecular complexity index is 635. The summed E-state index contributed by atoms with van der Waals surface area (Å²) in [7, 11) is 0. The molecular formula is C17H15Zr+. The average Bonchev–Trinajstić information content (AvgIpc) is 2.82. The second-order valence-corrected chi connectivity index (χ2v) is 4.39. The third-order valence-corrected chi connectivity index (χ3v) is 3.30. The summed E-state index contributed by atoms with van der Waals surface area (Å²) >= 11 is 0. The van der Waals surface area contributed by atoms with Gasteiger partial charge in [-0.05, 0) is 12.0 Å². The molecule has 0 aliphatic carbocycles. The van der Waals surface area contributed by atoms with Gasteiger partial charge in [0.05, 0.1) is 0 Å². The van der Waals surface area contributed by atoms with Gasteiger partial charge in [0.15, 0.2) is 0 Å². The topological polar surface area (TPSA) is 0 Å². The van der Waals surface area contributed by atoms with Gasteiger partial charge in [-0.2, -0.15) is 6.07 Å². The van der Waals surface area contributed by atoms with Crippen molar-refractivity contribution in [3.8, 4) is 11.1 Å². The Morgan fingerprint density at radius 1 is 0.944 bits per heavy atom. The van der Waals surface area contributed by atoms with Gasteiger partial charge >= 0.3 is 26.2 Å². The van der Waals surface area contributed by atoms with Crippen LogP contribution >= 0.6 is 0 Å². The maximum absolute atomic E-state index is 2.32. The molecule has 3 rings (SSSR count). The van der Waals surface area contributed by atoms with Crippen LogP contribution in [-0.2, 0) is 32.6 Å². The largest absolute Gasteiger partial charge is 2.00 e. The first-order valence-electron chi connectivity index (χ1n) is 6.12. The summed E-state index contributed by atoms with van der Waals surface area (Å²) in [5.41, 5.74) is 4.05. The summed E-state index contributed by atoms with van der Waals surface area (Å²) in [6, 6.07) is 21.8. The SMILES string of the molecule is CCc1cc2c(-c3ccccc3)cccc2[cH-]1.[Zr+2]. The van der Waals surface area contributed by atoms with E-state index >= 15 is 0 Å². The zero-order valence-electron chi connectivity index (χ0n) is 10.5. The monoisotopic (exact) mass is 309 g/mol. The van der Waals surface area contributed by atoms with Crippen LogP contribution < -0.4 is 0 Å². The van der Waals surface area contributed by atoms with Crippen molar-refractivity contribution < 1.29 is 26.2 Å². The predicted molar refractivity (Wildman–Crippen MR) is 74.4 cm³/mol. The van der Waals surface area contributed by atoms with Gasteiger partial charge in [-0.3, -0.25) is 0 Å². The van der Waals surface area contributed by atoms with Gasteiger partial charge in [0, 0.05) is 0 Å². The van der Waals surface area contributed by atoms with Crippen molar-refractivity contribution >= 4 is 10.8 Å². The van der Waals surface area contributed by atoms with Gasteiger partial charge in [0.1, 0.15) is 0 Å². The quantitative estimate of drug-likeness (QED) is 0.597. The molecule has 0 N–H and O–H groups in total. The molecule has 0 spiro atoms. The Morgan fingerprint density at radius 3 is 2.44 bits per heavy atom. The van der Waals surface area contributed by atoms with Crippen molar-refractivity contribution in [2.45, 2.75) is 13.3 Å². The van der Waals surface area contributed by atoms with E-state index in [1.165, 1.54) is 27.5 Å². The molecule has 86 valence electrons. The third kappa shape index (κ3) is 2.38. The normalized spacial score (nSPS) is 10.3. The number of hydrogen-bond acceptors (Lipinski definition) is 0. The number of fused-ring (bicyclic) bond motifs is 1. The number of aryl methyl sites for hydroxylation is 1. The maximum Gasteiger partial charge on any atom is 2.00 e. The van der Waals surface area contributed by atoms with Crippen LogP contribution in [-0.4, -0.2) is 0 Å². The molecule has 0 aliphatic heterocycles. The summed E-state index contributed by atoms with van der Waals surface area (Å²) in [6.45, 7) is 2.20. The van der Waals surface area contributed by atoms with Crippen LogP contribution in [0.5, 0.6) is 0 Å². The Balaban J connectivity index is 0.00000120. The van der Waals surface area contributed by atoms with Gasteiger partial charge in [0.2, 0.25) is 0 Å². The first kappa shape index (κ1) is 13.4. The van der Waals surface area contributed by atoms with Crippen molar-refractivity contribution in [1.82, 2.24) is 0 Å². The average molecular weight is 311 g/mol. The third-order valence-electron chi connectivity index (χ3n) is 3.30. The molecular weight excluding hydrogens is 295 g/mol. The fourth-order valence-electron chi connectivity index (χ4n) is 2.37. The van der Waals surface area contributed by atoms with E-state index in [1.54, 1.807) is 0 Å². The first-order chi connectivity index (χ1) is 8.38. The number of rotatable bonds is 2. The summed E-state index contributed by atoms with van der Waals surface area (Å²) in [4.78, 5) is 0. The van der Waals surface area contributed by atoms with Gasteiger partial charge in [-0.1, -0.05) is 48.9 Å². The molecule has 0 radical (unpaired) electrons. The van der Waals surface area contributed by atoms with E-state index in [9.17, 15) is 0 Å². The van der Waals surface area contributed by atoms with Gasteiger partial charge in [-0.25, -0.2) is 0 Å². The second-order valence-electron chi connectivity index (χ2n) is 4.39. The van der Waals surface area contributed by atoms with Crippen molar-refractivity contribution in [2.24, 2.45) is 0 Å². The van der Waals surface area contributed by atoms with Gasteiger partial charge in [0.25, 0.3) is 0 Å². The Kier molecular flexibility index (Phi) is 4.24. The van der Waals surface area contributed by atoms with E-state index in [1.807, 2.05) is 0 Å². The molecule has 0 saturated heterocycles. The predicted octanol–water partition coefficient (Wildman–Crippen LogP) is 4.79. The molecule has 0 unspecified atom stereocenters. The smallest absolute Gasteiger partial charge is 0.164 e. The molecule has 0 heterocycles. The molecule has 0 nitrogen and oxygen atoms in total. The van der Waals surface area contributed by atoms with Crippen LogP contribution in [0.25, 0.3) is 21.9 Å². The molecule has 3 aromatic rings. The second kappa shape index (κ2) is 5.72. The standard InChI is InChI=1S/C17H15.Zr/c1-2-13-11-15-9-6-10-16(17(15)12-13)14-7-4-3-5-8-14;/h3-12H,2H2,1H3;/q-1;+2. The summed E-state index contributed by atoms with van der Waals surface area (Å²) in [5.74, 6) is 0. The van der Waals surface area contributed by atoms with Crippen molar-refractivity contribution in [2.75, 3.05) is 0 Å². The number of benzene rings is 2. The molecule has 3 aromatic carbocycles. The minimum absolute atomic E-state index is 0. The minimum atomic E-state index is 0. The van der Waals surface area contributed by atoms with Crippen molar-refractivity contribution in [3.63, 3.8) is 0 Å². The molecule has 1 heteroatoms. The van der Waals surface area contributed by atoms with E-state index < -0.39 is 0 Å². The molecule has 0 amide bonds. The molecule has 0 fully saturated rings. The van der Waals surface area contributed by atoms with Gasteiger partial charge in [-0.15, -0.1) is 34.5 Å². The molecule has 0 bridgehead atoms. The Hall–Kier alpha value is -1.07. The van der Waals surface area contributed by atoms with E-state index in [-0.39, 0.29) is 26.2 Å². The Labute approximate surface area is 127 Å². The molecule has 0 aliphatic rings. The number of hydrogen-bond donors (Lipinski definition) is 0. The van der Waals surface area contributed by atoms with E-state index in [2.05, 4.69) is 67.6 Å². The van der Waals surface area contributed by atoms with E-state index in [0.717, 1.165) is 6.42 Å². The summed E-state index contributed by atoms with van der Waals surface area (Å²) in [6.07, 6.45) is 1.10. The first-order valence-corrected chi connectivity index (χ1v) is 6.12. The van der Waals surface area contributed by atoms with Crippen LogP contribution in [0.4, 0.5) is 0 Å². The van der Waals surface area contributed by atoms with Crippen molar-refractivity contribution in [3.05, 3.63) is 66.2 Å². The van der Waals surface area contributed by atoms with Crippen LogP contribution in [0.3, 0.4) is 0 Å². The zero-order valence-corrected chi connectivity index (χ0v) is 12.9. The minimum Gasteiger partial charge on any atom is -0.164 e. The van der Waals surface area contributed by atoms with Crippen LogP contribution in [0.2, 0.25) is 0 Å². The van der Waals surface area contributed by atoms with Crippen LogP contribution in [0, 0.1) is 0 Å². The van der Waals surface area contributed by atoms with Crippen LogP contribution in [0.15, 0.2) is 60.7 Å². The van der Waals surface area contributed by atoms with Crippen molar-refractivity contribution in [1.29, 1.82) is 0 Å². The molecule has 0 atom stereocenters.